The van der Waals surface area contributed by atoms with Crippen LogP contribution in [0.25, 0.3) is 0 Å². The van der Waals surface area contributed by atoms with Crippen LogP contribution in [0.3, 0.4) is 0 Å². The number of unbranched alkanes of at least 4 members (excludes halogenated alkanes) is 10. The average molecular weight is 471 g/mol. The summed E-state index contributed by atoms with van der Waals surface area (Å²) in [7, 11) is -3.43. The Bertz CT molecular complexity index is 456. The SMILES string of the molecule is C=C(C)C(=O)OCCC[Si](CCCCCCCC)(CCCCCCCC)O[Si](C)(C)C. The predicted octanol–water partition coefficient (Wildman–Crippen LogP) is 9.01. The number of carbonyl (C=O) groups is 1. The molecule has 0 heterocycles. The fraction of sp³-hybridized carbons (Fsp3) is 0.885. The fourth-order valence-electron chi connectivity index (χ4n) is 4.32. The van der Waals surface area contributed by atoms with Crippen molar-refractivity contribution in [1.82, 2.24) is 0 Å². The second-order valence-electron chi connectivity index (χ2n) is 10.5. The van der Waals surface area contributed by atoms with Gasteiger partial charge in [0.2, 0.25) is 0 Å². The van der Waals surface area contributed by atoms with Gasteiger partial charge in [0.25, 0.3) is 0 Å². The van der Waals surface area contributed by atoms with Gasteiger partial charge in [-0.15, -0.1) is 0 Å². The van der Waals surface area contributed by atoms with E-state index in [9.17, 15) is 4.79 Å². The molecule has 0 amide bonds. The Hall–Kier alpha value is -0.396. The molecular weight excluding hydrogens is 416 g/mol. The van der Waals surface area contributed by atoms with Crippen molar-refractivity contribution in [3.8, 4) is 0 Å². The molecule has 0 aliphatic rings. The van der Waals surface area contributed by atoms with Crippen LogP contribution in [0.2, 0.25) is 37.8 Å². The summed E-state index contributed by atoms with van der Waals surface area (Å²) < 4.78 is 12.5. The van der Waals surface area contributed by atoms with Gasteiger partial charge in [-0.2, -0.15) is 0 Å². The zero-order valence-electron chi connectivity index (χ0n) is 22.0. The van der Waals surface area contributed by atoms with E-state index < -0.39 is 16.6 Å². The van der Waals surface area contributed by atoms with Gasteiger partial charge in [0, 0.05) is 5.57 Å². The molecule has 0 bridgehead atoms. The lowest BCUT2D eigenvalue weighted by molar-refractivity contribution is -0.138. The van der Waals surface area contributed by atoms with Crippen LogP contribution in [0.15, 0.2) is 12.2 Å². The van der Waals surface area contributed by atoms with Crippen molar-refractivity contribution in [2.45, 2.75) is 142 Å². The van der Waals surface area contributed by atoms with Crippen molar-refractivity contribution in [3.63, 3.8) is 0 Å². The molecule has 0 atom stereocenters. The van der Waals surface area contributed by atoms with Crippen LogP contribution < -0.4 is 0 Å². The van der Waals surface area contributed by atoms with Gasteiger partial charge in [-0.05, 0) is 51.1 Å². The largest absolute Gasteiger partial charge is 0.462 e. The molecule has 31 heavy (non-hydrogen) atoms. The number of hydrogen-bond acceptors (Lipinski definition) is 3. The van der Waals surface area contributed by atoms with Gasteiger partial charge in [-0.3, -0.25) is 0 Å². The van der Waals surface area contributed by atoms with Crippen LogP contribution >= 0.6 is 0 Å². The highest BCUT2D eigenvalue weighted by Gasteiger charge is 2.37. The van der Waals surface area contributed by atoms with Crippen molar-refractivity contribution < 1.29 is 13.6 Å². The molecule has 0 aromatic carbocycles. The minimum Gasteiger partial charge on any atom is -0.462 e. The molecule has 0 rings (SSSR count). The Morgan fingerprint density at radius 3 is 1.55 bits per heavy atom. The minimum absolute atomic E-state index is 0.259. The van der Waals surface area contributed by atoms with Crippen molar-refractivity contribution in [3.05, 3.63) is 12.2 Å². The molecule has 5 heteroatoms. The van der Waals surface area contributed by atoms with E-state index >= 15 is 0 Å². The van der Waals surface area contributed by atoms with Gasteiger partial charge in [0.05, 0.1) is 6.61 Å². The van der Waals surface area contributed by atoms with Crippen LogP contribution in [-0.2, 0) is 13.6 Å². The summed E-state index contributed by atoms with van der Waals surface area (Å²) in [5.41, 5.74) is 0.487. The van der Waals surface area contributed by atoms with E-state index in [0.29, 0.717) is 12.2 Å². The van der Waals surface area contributed by atoms with E-state index in [-0.39, 0.29) is 5.97 Å². The molecular formula is C26H54O3Si2. The summed E-state index contributed by atoms with van der Waals surface area (Å²) in [5.74, 6) is -0.259. The average Bonchev–Trinajstić information content (AvgIpc) is 2.69. The van der Waals surface area contributed by atoms with Gasteiger partial charge < -0.3 is 8.85 Å². The van der Waals surface area contributed by atoms with E-state index in [4.69, 9.17) is 8.85 Å². The smallest absolute Gasteiger partial charge is 0.333 e. The minimum atomic E-state index is -1.82. The maximum Gasteiger partial charge on any atom is 0.333 e. The maximum absolute atomic E-state index is 11.8. The Labute approximate surface area is 197 Å². The van der Waals surface area contributed by atoms with Crippen LogP contribution in [0.1, 0.15) is 104 Å². The Balaban J connectivity index is 4.92. The van der Waals surface area contributed by atoms with Crippen molar-refractivity contribution in [1.29, 1.82) is 0 Å². The molecule has 0 aromatic heterocycles. The maximum atomic E-state index is 11.8. The van der Waals surface area contributed by atoms with Crippen molar-refractivity contribution in [2.75, 3.05) is 6.61 Å². The summed E-state index contributed by atoms with van der Waals surface area (Å²) in [6.07, 6.45) is 17.0. The van der Waals surface area contributed by atoms with E-state index in [1.165, 1.54) is 89.1 Å². The summed E-state index contributed by atoms with van der Waals surface area (Å²) in [5, 5.41) is 0. The quantitative estimate of drug-likeness (QED) is 0.0726. The molecule has 0 saturated carbocycles. The zero-order valence-corrected chi connectivity index (χ0v) is 24.0. The fourth-order valence-corrected chi connectivity index (χ4v) is 14.1. The molecule has 0 N–H and O–H groups in total. The number of esters is 1. The predicted molar refractivity (Wildman–Crippen MR) is 142 cm³/mol. The van der Waals surface area contributed by atoms with Crippen LogP contribution in [-0.4, -0.2) is 29.2 Å². The number of rotatable bonds is 21. The standard InChI is InChI=1S/C26H54O3Si2/c1-8-10-12-14-16-18-22-31(29-30(5,6)7,23-19-17-15-13-11-9-2)24-20-21-28-26(27)25(3)4/h3,8-24H2,1-2,4-7H3. The molecule has 184 valence electrons. The summed E-state index contributed by atoms with van der Waals surface area (Å²) in [4.78, 5) is 11.8. The molecule has 0 aromatic rings. The normalized spacial score (nSPS) is 12.2. The van der Waals surface area contributed by atoms with E-state index in [0.717, 1.165) is 12.5 Å². The van der Waals surface area contributed by atoms with Crippen molar-refractivity contribution >= 4 is 22.6 Å². The van der Waals surface area contributed by atoms with E-state index in [1.54, 1.807) is 6.92 Å². The molecule has 0 unspecified atom stereocenters. The molecule has 0 radical (unpaired) electrons. The number of ether oxygens (including phenoxy) is 1. The first-order valence-electron chi connectivity index (χ1n) is 13.2. The Morgan fingerprint density at radius 1 is 0.710 bits per heavy atom. The third-order valence-electron chi connectivity index (χ3n) is 5.85. The van der Waals surface area contributed by atoms with Gasteiger partial charge in [0.1, 0.15) is 0 Å². The summed E-state index contributed by atoms with van der Waals surface area (Å²) >= 11 is 0. The lowest BCUT2D eigenvalue weighted by Gasteiger charge is -2.38. The second-order valence-corrected chi connectivity index (χ2v) is 19.4. The van der Waals surface area contributed by atoms with Gasteiger partial charge >= 0.3 is 5.97 Å². The number of hydrogen-bond donors (Lipinski definition) is 0. The summed E-state index contributed by atoms with van der Waals surface area (Å²) in [6, 6.07) is 3.70. The highest BCUT2D eigenvalue weighted by atomic mass is 28.4. The molecule has 0 aliphatic carbocycles. The number of carbonyl (C=O) groups excluding carboxylic acids is 1. The highest BCUT2D eigenvalue weighted by molar-refractivity contribution is 6.85. The molecule has 0 spiro atoms. The highest BCUT2D eigenvalue weighted by Crippen LogP contribution is 2.33. The first kappa shape index (κ1) is 30.6. The third kappa shape index (κ3) is 17.8. The van der Waals surface area contributed by atoms with Gasteiger partial charge in [0.15, 0.2) is 16.6 Å². The monoisotopic (exact) mass is 470 g/mol. The molecule has 0 aliphatic heterocycles. The lowest BCUT2D eigenvalue weighted by atomic mass is 10.1. The lowest BCUT2D eigenvalue weighted by Crippen LogP contribution is -2.47. The zero-order chi connectivity index (χ0) is 23.6. The van der Waals surface area contributed by atoms with Crippen molar-refractivity contribution in [2.24, 2.45) is 0 Å². The van der Waals surface area contributed by atoms with Gasteiger partial charge in [-0.25, -0.2) is 4.79 Å². The molecule has 0 saturated heterocycles. The van der Waals surface area contributed by atoms with Crippen LogP contribution in [0.5, 0.6) is 0 Å². The summed E-state index contributed by atoms with van der Waals surface area (Å²) in [6.45, 7) is 17.5. The van der Waals surface area contributed by atoms with Crippen LogP contribution in [0, 0.1) is 0 Å². The Kier molecular flexibility index (Phi) is 17.8. The first-order chi connectivity index (χ1) is 14.7. The van der Waals surface area contributed by atoms with E-state index in [2.05, 4.69) is 40.1 Å². The Morgan fingerprint density at radius 2 is 1.13 bits per heavy atom. The van der Waals surface area contributed by atoms with Gasteiger partial charge in [-0.1, -0.05) is 97.5 Å². The third-order valence-corrected chi connectivity index (χ3v) is 13.8. The second kappa shape index (κ2) is 18.1. The van der Waals surface area contributed by atoms with E-state index in [1.807, 2.05) is 0 Å². The molecule has 0 fully saturated rings. The topological polar surface area (TPSA) is 35.5 Å². The molecule has 3 nitrogen and oxygen atoms in total. The van der Waals surface area contributed by atoms with Crippen LogP contribution in [0.4, 0.5) is 0 Å². The first-order valence-corrected chi connectivity index (χ1v) is 19.1.